The Bertz CT molecular complexity index is 625. The number of piperazine rings is 2. The molecule has 2 aliphatic rings. The predicted octanol–water partition coefficient (Wildman–Crippen LogP) is 0.545. The normalized spacial score (nSPS) is 13.9. The summed E-state index contributed by atoms with van der Waals surface area (Å²) in [5, 5.41) is 29.2. The van der Waals surface area contributed by atoms with E-state index in [-0.39, 0.29) is 84.9 Å². The first-order chi connectivity index (χ1) is 13.4. The van der Waals surface area contributed by atoms with Gasteiger partial charge in [0, 0.05) is 19.5 Å². The molecule has 0 saturated carbocycles. The Kier molecular flexibility index (Phi) is 23.7. The maximum atomic E-state index is 11.6. The summed E-state index contributed by atoms with van der Waals surface area (Å²) in [6.45, 7) is 2.70. The number of carbonyl (C=O) groups is 4. The number of amides is 4. The van der Waals surface area contributed by atoms with Gasteiger partial charge in [0.2, 0.25) is 23.6 Å². The van der Waals surface area contributed by atoms with Crippen molar-refractivity contribution in [3.8, 4) is 18.2 Å². The highest BCUT2D eigenvalue weighted by molar-refractivity contribution is 5.93. The molecule has 4 amide bonds. The molecule has 174 valence electrons. The molecule has 2 N–H and O–H groups in total. The maximum Gasteiger partial charge on any atom is 0.242 e. The number of carbonyl (C=O) groups excluding carboxylic acids is 4. The zero-order valence-electron chi connectivity index (χ0n) is 15.7. The third-order valence-electron chi connectivity index (χ3n) is 3.40. The zero-order chi connectivity index (χ0) is 21.4. The Morgan fingerprint density at radius 2 is 1.06 bits per heavy atom. The molecule has 0 spiro atoms. The lowest BCUT2D eigenvalue weighted by molar-refractivity contribution is -0.149. The minimum atomic E-state index is -0.159. The third-order valence-corrected chi connectivity index (χ3v) is 3.40. The van der Waals surface area contributed by atoms with E-state index in [1.807, 2.05) is 25.1 Å². The molecule has 0 aliphatic carbocycles. The van der Waals surface area contributed by atoms with Gasteiger partial charge in [-0.3, -0.25) is 19.2 Å². The monoisotopic (exact) mass is 437 g/mol. The molecule has 0 radical (unpaired) electrons. The van der Waals surface area contributed by atoms with Crippen LogP contribution in [0.25, 0.3) is 0 Å². The molecule has 2 heterocycles. The van der Waals surface area contributed by atoms with Crippen LogP contribution >= 0.6 is 0 Å². The van der Waals surface area contributed by atoms with E-state index in [1.54, 1.807) is 0 Å². The maximum absolute atomic E-state index is 11.6. The van der Waals surface area contributed by atoms with Gasteiger partial charge in [0.1, 0.15) is 0 Å². The number of rotatable bonds is 4. The van der Waals surface area contributed by atoms with Crippen LogP contribution in [-0.2, 0) is 19.2 Å². The second-order valence-corrected chi connectivity index (χ2v) is 5.51. The molecule has 0 aromatic carbocycles. The fourth-order valence-electron chi connectivity index (χ4n) is 1.96. The van der Waals surface area contributed by atoms with Crippen LogP contribution in [-0.4, -0.2) is 72.7 Å². The topological polar surface area (TPSA) is 170 Å². The summed E-state index contributed by atoms with van der Waals surface area (Å²) >= 11 is 0. The largest absolute Gasteiger partial charge is 0.346 e. The molecule has 2 aliphatic heterocycles. The van der Waals surface area contributed by atoms with Crippen LogP contribution in [0.15, 0.2) is 0 Å². The summed E-state index contributed by atoms with van der Waals surface area (Å²) in [7, 11) is 0. The molecule has 0 bridgehead atoms. The van der Waals surface area contributed by atoms with E-state index in [0.29, 0.717) is 19.5 Å². The van der Waals surface area contributed by atoms with Crippen molar-refractivity contribution in [3.63, 3.8) is 0 Å². The van der Waals surface area contributed by atoms with Gasteiger partial charge in [-0.2, -0.15) is 15.8 Å². The van der Waals surface area contributed by atoms with Gasteiger partial charge in [0.25, 0.3) is 0 Å². The van der Waals surface area contributed by atoms with Crippen LogP contribution in [0.2, 0.25) is 0 Å². The number of nitrogens with zero attached hydrogens (tertiary/aromatic N) is 5. The summed E-state index contributed by atoms with van der Waals surface area (Å²) in [6.07, 6.45) is 1.09. The fourth-order valence-corrected chi connectivity index (χ4v) is 1.96. The lowest BCUT2D eigenvalue weighted by atomic mass is 10.2. The van der Waals surface area contributed by atoms with Crippen LogP contribution < -0.4 is 10.6 Å². The SMILES string of the molecule is C.C.C.CCC#N.N#CCCN1CC(=O)N(CCC#N)CC1=O.O=C1CNC(=O)CN1. The minimum Gasteiger partial charge on any atom is -0.346 e. The van der Waals surface area contributed by atoms with Gasteiger partial charge < -0.3 is 20.4 Å². The average molecular weight is 438 g/mol. The van der Waals surface area contributed by atoms with Crippen molar-refractivity contribution in [1.29, 1.82) is 15.8 Å². The predicted molar refractivity (Wildman–Crippen MR) is 116 cm³/mol. The molecule has 2 rings (SSSR count). The Hall–Kier alpha value is -3.65. The molecule has 0 aromatic heterocycles. The van der Waals surface area contributed by atoms with Gasteiger partial charge in [-0.15, -0.1) is 0 Å². The highest BCUT2D eigenvalue weighted by Gasteiger charge is 2.28. The average Bonchev–Trinajstić information content (AvgIpc) is 2.70. The molecule has 0 atom stereocenters. The quantitative estimate of drug-likeness (QED) is 0.646. The highest BCUT2D eigenvalue weighted by Crippen LogP contribution is 2.06. The van der Waals surface area contributed by atoms with Crippen molar-refractivity contribution in [3.05, 3.63) is 0 Å². The van der Waals surface area contributed by atoms with Gasteiger partial charge >= 0.3 is 0 Å². The molecular formula is C20H35N7O4. The van der Waals surface area contributed by atoms with Crippen molar-refractivity contribution < 1.29 is 19.2 Å². The van der Waals surface area contributed by atoms with Crippen LogP contribution in [0, 0.1) is 34.0 Å². The summed E-state index contributed by atoms with van der Waals surface area (Å²) < 4.78 is 0. The molecule has 0 unspecified atom stereocenters. The zero-order valence-corrected chi connectivity index (χ0v) is 15.7. The molecule has 31 heavy (non-hydrogen) atoms. The van der Waals surface area contributed by atoms with E-state index in [2.05, 4.69) is 10.6 Å². The van der Waals surface area contributed by atoms with E-state index in [4.69, 9.17) is 15.8 Å². The standard InChI is InChI=1S/C10H12N4O2.C4H6N2O2.C3H5N.3CH4/c11-3-1-5-13-7-10(16)14(6-2-4-12)8-9(13)15;7-3-1-5-4(8)2-6-3;1-2-3-4;;;/h1-2,5-8H2;1-2H2,(H,5,8)(H,6,7);2H2,1H3;3*1H4. The third kappa shape index (κ3) is 15.9. The lowest BCUT2D eigenvalue weighted by Gasteiger charge is -2.33. The molecule has 0 aromatic rings. The van der Waals surface area contributed by atoms with Crippen LogP contribution in [0.4, 0.5) is 0 Å². The van der Waals surface area contributed by atoms with Crippen LogP contribution in [0.5, 0.6) is 0 Å². The molecule has 2 fully saturated rings. The number of nitriles is 3. The summed E-state index contributed by atoms with van der Waals surface area (Å²) in [4.78, 5) is 46.5. The first-order valence-corrected chi connectivity index (χ1v) is 8.59. The van der Waals surface area contributed by atoms with Crippen LogP contribution in [0.3, 0.4) is 0 Å². The Labute approximate surface area is 185 Å². The number of hydrogen-bond acceptors (Lipinski definition) is 7. The van der Waals surface area contributed by atoms with Crippen molar-refractivity contribution in [2.24, 2.45) is 0 Å². The van der Waals surface area contributed by atoms with Crippen molar-refractivity contribution in [2.45, 2.75) is 48.5 Å². The second-order valence-electron chi connectivity index (χ2n) is 5.51. The Balaban J connectivity index is -0.000000206. The van der Waals surface area contributed by atoms with Gasteiger partial charge in [0.15, 0.2) is 0 Å². The molecular weight excluding hydrogens is 402 g/mol. The molecule has 11 heteroatoms. The number of hydrogen-bond donors (Lipinski definition) is 2. The second kappa shape index (κ2) is 21.1. The highest BCUT2D eigenvalue weighted by atomic mass is 16.2. The first kappa shape index (κ1) is 34.8. The van der Waals surface area contributed by atoms with Gasteiger partial charge in [0.05, 0.1) is 57.2 Å². The molecule has 2 saturated heterocycles. The van der Waals surface area contributed by atoms with E-state index in [0.717, 1.165) is 0 Å². The lowest BCUT2D eigenvalue weighted by Crippen LogP contribution is -2.53. The van der Waals surface area contributed by atoms with E-state index >= 15 is 0 Å². The Morgan fingerprint density at radius 1 is 0.742 bits per heavy atom. The van der Waals surface area contributed by atoms with Crippen LogP contribution in [0.1, 0.15) is 48.5 Å². The van der Waals surface area contributed by atoms with E-state index in [1.165, 1.54) is 9.80 Å². The van der Waals surface area contributed by atoms with Crippen molar-refractivity contribution in [2.75, 3.05) is 39.3 Å². The molecule has 11 nitrogen and oxygen atoms in total. The first-order valence-electron chi connectivity index (χ1n) is 8.59. The summed E-state index contributed by atoms with van der Waals surface area (Å²) in [5.41, 5.74) is 0. The van der Waals surface area contributed by atoms with Crippen molar-refractivity contribution >= 4 is 23.6 Å². The Morgan fingerprint density at radius 3 is 1.29 bits per heavy atom. The van der Waals surface area contributed by atoms with Gasteiger partial charge in [-0.25, -0.2) is 0 Å². The van der Waals surface area contributed by atoms with E-state index < -0.39 is 0 Å². The smallest absolute Gasteiger partial charge is 0.242 e. The van der Waals surface area contributed by atoms with E-state index in [9.17, 15) is 19.2 Å². The summed E-state index contributed by atoms with van der Waals surface area (Å²) in [6, 6.07) is 5.80. The van der Waals surface area contributed by atoms with Gasteiger partial charge in [-0.1, -0.05) is 29.2 Å². The summed E-state index contributed by atoms with van der Waals surface area (Å²) in [5.74, 6) is -0.560. The van der Waals surface area contributed by atoms with Gasteiger partial charge in [-0.05, 0) is 0 Å². The number of nitrogens with one attached hydrogen (secondary N) is 2. The minimum absolute atomic E-state index is 0. The van der Waals surface area contributed by atoms with Crippen molar-refractivity contribution in [1.82, 2.24) is 20.4 Å². The fraction of sp³-hybridized carbons (Fsp3) is 0.650.